The van der Waals surface area contributed by atoms with Crippen LogP contribution in [-0.4, -0.2) is 29.2 Å². The molecule has 0 aliphatic carbocycles. The van der Waals surface area contributed by atoms with E-state index in [0.717, 1.165) is 21.2 Å². The third-order valence-electron chi connectivity index (χ3n) is 4.70. The number of nitrogens with zero attached hydrogens (tertiary/aromatic N) is 3. The summed E-state index contributed by atoms with van der Waals surface area (Å²) in [5, 5.41) is 10.7. The zero-order chi connectivity index (χ0) is 21.3. The van der Waals surface area contributed by atoms with E-state index in [2.05, 4.69) is 11.1 Å². The van der Waals surface area contributed by atoms with Crippen molar-refractivity contribution in [3.05, 3.63) is 53.2 Å². The Morgan fingerprint density at radius 3 is 2.60 bits per heavy atom. The number of rotatable bonds is 5. The molecule has 0 bridgehead atoms. The molecule has 0 fully saturated rings. The maximum atomic E-state index is 12.3. The highest BCUT2D eigenvalue weighted by molar-refractivity contribution is 7.25. The van der Waals surface area contributed by atoms with Gasteiger partial charge < -0.3 is 9.47 Å². The van der Waals surface area contributed by atoms with Crippen LogP contribution in [0.1, 0.15) is 35.5 Å². The smallest absolute Gasteiger partial charge is 0.340 e. The molecule has 0 unspecified atom stereocenters. The molecule has 0 N–H and O–H groups in total. The van der Waals surface area contributed by atoms with Gasteiger partial charge in [0.2, 0.25) is 5.88 Å². The van der Waals surface area contributed by atoms with Gasteiger partial charge in [0, 0.05) is 10.9 Å². The largest absolute Gasteiger partial charge is 0.477 e. The van der Waals surface area contributed by atoms with E-state index in [4.69, 9.17) is 14.5 Å². The standard InChI is InChI=1S/C23H19N3O3S/c1-4-28-21-16(12-24)18(14-9-7-6-8-10-14)19-20-17(30-22(19)26-21)11-15(13(3)25-20)23(27)29-5-2/h6-11H,4-5H2,1-3H3. The average Bonchev–Trinajstić information content (AvgIpc) is 3.10. The van der Waals surface area contributed by atoms with E-state index in [9.17, 15) is 10.1 Å². The van der Waals surface area contributed by atoms with Crippen molar-refractivity contribution in [2.45, 2.75) is 20.8 Å². The highest BCUT2D eigenvalue weighted by Crippen LogP contribution is 2.43. The molecular weight excluding hydrogens is 398 g/mol. The second-order valence-corrected chi connectivity index (χ2v) is 7.58. The third kappa shape index (κ3) is 3.25. The quantitative estimate of drug-likeness (QED) is 0.411. The van der Waals surface area contributed by atoms with Gasteiger partial charge in [0.25, 0.3) is 0 Å². The van der Waals surface area contributed by atoms with Crippen LogP contribution in [0.3, 0.4) is 0 Å². The van der Waals surface area contributed by atoms with Gasteiger partial charge in [0.05, 0.1) is 34.7 Å². The molecule has 3 heterocycles. The first-order valence-electron chi connectivity index (χ1n) is 9.62. The second-order valence-electron chi connectivity index (χ2n) is 6.55. The summed E-state index contributed by atoms with van der Waals surface area (Å²) < 4.78 is 11.7. The van der Waals surface area contributed by atoms with E-state index in [0.29, 0.717) is 46.3 Å². The van der Waals surface area contributed by atoms with Crippen molar-refractivity contribution in [3.8, 4) is 23.1 Å². The van der Waals surface area contributed by atoms with Gasteiger partial charge in [-0.25, -0.2) is 9.78 Å². The lowest BCUT2D eigenvalue weighted by atomic mass is 9.98. The molecule has 1 aromatic carbocycles. The number of thiophene rings is 1. The first-order valence-corrected chi connectivity index (χ1v) is 10.4. The molecule has 0 amide bonds. The van der Waals surface area contributed by atoms with Gasteiger partial charge in [-0.2, -0.15) is 5.26 Å². The molecule has 30 heavy (non-hydrogen) atoms. The van der Waals surface area contributed by atoms with Crippen molar-refractivity contribution in [2.75, 3.05) is 13.2 Å². The van der Waals surface area contributed by atoms with Gasteiger partial charge in [0.1, 0.15) is 16.5 Å². The maximum absolute atomic E-state index is 12.3. The molecule has 0 spiro atoms. The van der Waals surface area contributed by atoms with Crippen LogP contribution in [-0.2, 0) is 4.74 Å². The lowest BCUT2D eigenvalue weighted by Gasteiger charge is -2.11. The summed E-state index contributed by atoms with van der Waals surface area (Å²) in [6, 6.07) is 13.8. The number of fused-ring (bicyclic) bond motifs is 3. The molecule has 6 nitrogen and oxygen atoms in total. The molecule has 0 radical (unpaired) electrons. The SMILES string of the molecule is CCOC(=O)c1cc2sc3nc(OCC)c(C#N)c(-c4ccccc4)c3c2nc1C. The van der Waals surface area contributed by atoms with E-state index in [1.807, 2.05) is 37.3 Å². The summed E-state index contributed by atoms with van der Waals surface area (Å²) in [5.41, 5.74) is 3.73. The first-order chi connectivity index (χ1) is 14.6. The topological polar surface area (TPSA) is 85.1 Å². The Labute approximate surface area is 177 Å². The molecule has 0 aliphatic rings. The van der Waals surface area contributed by atoms with Crippen LogP contribution in [0.2, 0.25) is 0 Å². The molecule has 4 aromatic rings. The number of benzene rings is 1. The van der Waals surface area contributed by atoms with Crippen molar-refractivity contribution in [1.29, 1.82) is 5.26 Å². The normalized spacial score (nSPS) is 10.9. The van der Waals surface area contributed by atoms with Gasteiger partial charge in [-0.1, -0.05) is 30.3 Å². The van der Waals surface area contributed by atoms with Crippen LogP contribution in [0.5, 0.6) is 5.88 Å². The number of esters is 1. The fraction of sp³-hybridized carbons (Fsp3) is 0.217. The first kappa shape index (κ1) is 19.8. The van der Waals surface area contributed by atoms with Gasteiger partial charge >= 0.3 is 5.97 Å². The summed E-state index contributed by atoms with van der Waals surface area (Å²) in [6.45, 7) is 6.11. The minimum atomic E-state index is -0.397. The second kappa shape index (κ2) is 8.09. The third-order valence-corrected chi connectivity index (χ3v) is 5.72. The molecule has 0 atom stereocenters. The number of nitriles is 1. The molecule has 150 valence electrons. The zero-order valence-electron chi connectivity index (χ0n) is 16.9. The number of ether oxygens (including phenoxy) is 2. The molecule has 7 heteroatoms. The Bertz CT molecular complexity index is 1310. The van der Waals surface area contributed by atoms with Crippen LogP contribution >= 0.6 is 11.3 Å². The van der Waals surface area contributed by atoms with Gasteiger partial charge in [-0.15, -0.1) is 11.3 Å². The van der Waals surface area contributed by atoms with Gasteiger partial charge in [-0.05, 0) is 32.4 Å². The summed E-state index contributed by atoms with van der Waals surface area (Å²) in [7, 11) is 0. The van der Waals surface area contributed by atoms with Crippen molar-refractivity contribution in [2.24, 2.45) is 0 Å². The van der Waals surface area contributed by atoms with E-state index in [1.54, 1.807) is 19.9 Å². The van der Waals surface area contributed by atoms with E-state index < -0.39 is 5.97 Å². The Kier molecular flexibility index (Phi) is 5.34. The lowest BCUT2D eigenvalue weighted by Crippen LogP contribution is -2.07. The Morgan fingerprint density at radius 2 is 1.93 bits per heavy atom. The van der Waals surface area contributed by atoms with E-state index in [1.165, 1.54) is 11.3 Å². The zero-order valence-corrected chi connectivity index (χ0v) is 17.7. The van der Waals surface area contributed by atoms with E-state index >= 15 is 0 Å². The number of aromatic nitrogens is 2. The number of carbonyl (C=O) groups excluding carboxylic acids is 1. The predicted molar refractivity (Wildman–Crippen MR) is 117 cm³/mol. The molecule has 3 aromatic heterocycles. The van der Waals surface area contributed by atoms with Crippen LogP contribution in [0.15, 0.2) is 36.4 Å². The van der Waals surface area contributed by atoms with Crippen LogP contribution in [0.25, 0.3) is 31.6 Å². The summed E-state index contributed by atoms with van der Waals surface area (Å²) in [5.74, 6) is -0.0916. The molecule has 0 aliphatic heterocycles. The fourth-order valence-electron chi connectivity index (χ4n) is 3.44. The molecule has 4 rings (SSSR count). The van der Waals surface area contributed by atoms with Crippen LogP contribution < -0.4 is 4.74 Å². The number of hydrogen-bond donors (Lipinski definition) is 0. The Balaban J connectivity index is 2.11. The summed E-state index contributed by atoms with van der Waals surface area (Å²) in [6.07, 6.45) is 0. The van der Waals surface area contributed by atoms with Crippen LogP contribution in [0, 0.1) is 18.3 Å². The minimum Gasteiger partial charge on any atom is -0.477 e. The minimum absolute atomic E-state index is 0.297. The number of aryl methyl sites for hydroxylation is 1. The highest BCUT2D eigenvalue weighted by atomic mass is 32.1. The summed E-state index contributed by atoms with van der Waals surface area (Å²) >= 11 is 1.42. The average molecular weight is 417 g/mol. The van der Waals surface area contributed by atoms with Crippen molar-refractivity contribution in [3.63, 3.8) is 0 Å². The fourth-order valence-corrected chi connectivity index (χ4v) is 4.50. The maximum Gasteiger partial charge on any atom is 0.340 e. The Hall–Kier alpha value is -3.50. The van der Waals surface area contributed by atoms with Gasteiger partial charge in [-0.3, -0.25) is 4.98 Å². The molecular formula is C23H19N3O3S. The number of pyridine rings is 2. The molecule has 0 saturated heterocycles. The lowest BCUT2D eigenvalue weighted by molar-refractivity contribution is 0.0525. The number of hydrogen-bond acceptors (Lipinski definition) is 7. The summed E-state index contributed by atoms with van der Waals surface area (Å²) in [4.78, 5) is 22.4. The Morgan fingerprint density at radius 1 is 1.17 bits per heavy atom. The number of carbonyl (C=O) groups is 1. The van der Waals surface area contributed by atoms with Crippen LogP contribution in [0.4, 0.5) is 0 Å². The van der Waals surface area contributed by atoms with Crippen molar-refractivity contribution < 1.29 is 14.3 Å². The van der Waals surface area contributed by atoms with Crippen molar-refractivity contribution >= 4 is 37.7 Å². The van der Waals surface area contributed by atoms with E-state index in [-0.39, 0.29) is 0 Å². The van der Waals surface area contributed by atoms with Crippen molar-refractivity contribution in [1.82, 2.24) is 9.97 Å². The molecule has 0 saturated carbocycles. The van der Waals surface area contributed by atoms with Gasteiger partial charge in [0.15, 0.2) is 0 Å². The highest BCUT2D eigenvalue weighted by Gasteiger charge is 2.23. The monoisotopic (exact) mass is 417 g/mol. The predicted octanol–water partition coefficient (Wildman–Crippen LogP) is 5.27.